The zero-order valence-electron chi connectivity index (χ0n) is 10.8. The Hall–Kier alpha value is -1.20. The van der Waals surface area contributed by atoms with E-state index in [0.29, 0.717) is 25.7 Å². The van der Waals surface area contributed by atoms with Gasteiger partial charge in [0.15, 0.2) is 0 Å². The van der Waals surface area contributed by atoms with Crippen LogP contribution in [0.2, 0.25) is 0 Å². The molecule has 0 aromatic carbocycles. The molecule has 0 atom stereocenters. The van der Waals surface area contributed by atoms with E-state index in [2.05, 4.69) is 0 Å². The third kappa shape index (κ3) is 1.29. The van der Waals surface area contributed by atoms with Gasteiger partial charge in [0, 0.05) is 35.5 Å². The molecule has 6 heteroatoms. The fourth-order valence-electron chi connectivity index (χ4n) is 5.96. The van der Waals surface area contributed by atoms with Gasteiger partial charge in [-0.1, -0.05) is 13.8 Å². The van der Waals surface area contributed by atoms with Crippen molar-refractivity contribution in [2.75, 3.05) is 0 Å². The Morgan fingerprint density at radius 3 is 1.33 bits per heavy atom. The van der Waals surface area contributed by atoms with E-state index < -0.39 is 11.1 Å². The Morgan fingerprint density at radius 1 is 0.722 bits per heavy atom. The zero-order valence-corrected chi connectivity index (χ0v) is 10.8. The van der Waals surface area contributed by atoms with Gasteiger partial charge in [-0.05, 0) is 17.3 Å². The van der Waals surface area contributed by atoms with E-state index in [1.807, 2.05) is 13.8 Å². The number of nitrogens with zero attached hydrogens (tertiary/aromatic N) is 2. The summed E-state index contributed by atoms with van der Waals surface area (Å²) in [7, 11) is 0. The van der Waals surface area contributed by atoms with E-state index in [1.54, 1.807) is 0 Å². The quantitative estimate of drug-likeness (QED) is 0.559. The molecule has 4 rings (SSSR count). The van der Waals surface area contributed by atoms with Gasteiger partial charge in [-0.15, -0.1) is 0 Å². The Bertz CT molecular complexity index is 407. The van der Waals surface area contributed by atoms with Crippen molar-refractivity contribution in [3.63, 3.8) is 0 Å². The minimum atomic E-state index is -1.05. The van der Waals surface area contributed by atoms with Crippen molar-refractivity contribution in [2.24, 2.45) is 10.8 Å². The van der Waals surface area contributed by atoms with Crippen LogP contribution in [0.4, 0.5) is 0 Å². The van der Waals surface area contributed by atoms with Crippen LogP contribution >= 0.6 is 0 Å². The van der Waals surface area contributed by atoms with E-state index in [4.69, 9.17) is 0 Å². The number of hydrogen-bond donors (Lipinski definition) is 0. The van der Waals surface area contributed by atoms with Gasteiger partial charge in [-0.3, -0.25) is 20.2 Å². The molecule has 0 aliphatic heterocycles. The molecule has 0 aromatic rings. The second-order valence-corrected chi connectivity index (χ2v) is 7.64. The van der Waals surface area contributed by atoms with Gasteiger partial charge in [0.05, 0.1) is 6.42 Å². The average molecular weight is 254 g/mol. The molecule has 0 aromatic heterocycles. The van der Waals surface area contributed by atoms with Crippen molar-refractivity contribution < 1.29 is 9.85 Å². The summed E-state index contributed by atoms with van der Waals surface area (Å²) in [6.45, 7) is 4.00. The lowest BCUT2D eigenvalue weighted by atomic mass is 9.40. The molecule has 4 fully saturated rings. The highest BCUT2D eigenvalue weighted by Gasteiger charge is 2.75. The first kappa shape index (κ1) is 11.9. The standard InChI is InChI=1S/C12H18N2O4/c1-9-3-10(2)6-11(4-9,13(15)16)8-12(5-9,7-10)14(17)18/h3-8H2,1-2H3. The SMILES string of the molecule is CC12CC3(C)CC([N+](=O)[O-])(C1)CC([N+](=O)[O-])(C2)C3. The highest BCUT2D eigenvalue weighted by molar-refractivity contribution is 5.17. The summed E-state index contributed by atoms with van der Waals surface area (Å²) in [4.78, 5) is 22.5. The summed E-state index contributed by atoms with van der Waals surface area (Å²) in [5.74, 6) is 0. The number of hydrogen-bond acceptors (Lipinski definition) is 4. The maximum absolute atomic E-state index is 11.5. The summed E-state index contributed by atoms with van der Waals surface area (Å²) in [6, 6.07) is 0. The van der Waals surface area contributed by atoms with E-state index in [9.17, 15) is 20.2 Å². The van der Waals surface area contributed by atoms with E-state index in [-0.39, 0.29) is 27.1 Å². The zero-order chi connectivity index (χ0) is 13.4. The Morgan fingerprint density at radius 2 is 1.06 bits per heavy atom. The fourth-order valence-corrected chi connectivity index (χ4v) is 5.96. The van der Waals surface area contributed by atoms with Gasteiger partial charge in [0.25, 0.3) is 0 Å². The van der Waals surface area contributed by atoms with Crippen LogP contribution in [-0.2, 0) is 0 Å². The number of rotatable bonds is 2. The van der Waals surface area contributed by atoms with Crippen molar-refractivity contribution in [1.29, 1.82) is 0 Å². The fraction of sp³-hybridized carbons (Fsp3) is 1.00. The van der Waals surface area contributed by atoms with Gasteiger partial charge in [-0.25, -0.2) is 0 Å². The molecule has 0 N–H and O–H groups in total. The molecule has 100 valence electrons. The monoisotopic (exact) mass is 254 g/mol. The molecule has 0 amide bonds. The Kier molecular flexibility index (Phi) is 1.88. The predicted molar refractivity (Wildman–Crippen MR) is 63.4 cm³/mol. The molecular weight excluding hydrogens is 236 g/mol. The van der Waals surface area contributed by atoms with Crippen LogP contribution in [0.1, 0.15) is 52.4 Å². The second-order valence-electron chi connectivity index (χ2n) is 7.64. The van der Waals surface area contributed by atoms with Gasteiger partial charge >= 0.3 is 0 Å². The lowest BCUT2D eigenvalue weighted by Gasteiger charge is -2.61. The van der Waals surface area contributed by atoms with Gasteiger partial charge in [-0.2, -0.15) is 0 Å². The van der Waals surface area contributed by atoms with E-state index in [0.717, 1.165) is 6.42 Å². The molecular formula is C12H18N2O4. The first-order valence-corrected chi connectivity index (χ1v) is 6.42. The van der Waals surface area contributed by atoms with Crippen molar-refractivity contribution in [2.45, 2.75) is 63.5 Å². The molecule has 4 aliphatic rings. The summed E-state index contributed by atoms with van der Waals surface area (Å²) >= 11 is 0. The molecule has 0 unspecified atom stereocenters. The van der Waals surface area contributed by atoms with Crippen LogP contribution in [0.25, 0.3) is 0 Å². The molecule has 6 nitrogen and oxygen atoms in total. The molecule has 4 saturated carbocycles. The lowest BCUT2D eigenvalue weighted by Crippen LogP contribution is -2.69. The molecule has 0 heterocycles. The third-order valence-corrected chi connectivity index (χ3v) is 5.31. The first-order valence-electron chi connectivity index (χ1n) is 6.42. The smallest absolute Gasteiger partial charge is 0.230 e. The van der Waals surface area contributed by atoms with Crippen molar-refractivity contribution in [1.82, 2.24) is 0 Å². The van der Waals surface area contributed by atoms with Crippen LogP contribution in [0, 0.1) is 31.1 Å². The minimum absolute atomic E-state index is 0.130. The molecule has 0 spiro atoms. The minimum Gasteiger partial charge on any atom is -0.264 e. The topological polar surface area (TPSA) is 86.3 Å². The molecule has 18 heavy (non-hydrogen) atoms. The van der Waals surface area contributed by atoms with Crippen LogP contribution in [0.3, 0.4) is 0 Å². The summed E-state index contributed by atoms with van der Waals surface area (Å²) in [5, 5.41) is 23.0. The molecule has 4 aliphatic carbocycles. The molecule has 0 saturated heterocycles. The average Bonchev–Trinajstić information content (AvgIpc) is 2.10. The highest BCUT2D eigenvalue weighted by atomic mass is 16.6. The van der Waals surface area contributed by atoms with Crippen molar-refractivity contribution >= 4 is 0 Å². The highest BCUT2D eigenvalue weighted by Crippen LogP contribution is 2.69. The third-order valence-electron chi connectivity index (χ3n) is 5.31. The Balaban J connectivity index is 2.15. The maximum Gasteiger partial charge on any atom is 0.230 e. The lowest BCUT2D eigenvalue weighted by molar-refractivity contribution is -0.652. The second kappa shape index (κ2) is 2.86. The van der Waals surface area contributed by atoms with E-state index in [1.165, 1.54) is 0 Å². The maximum atomic E-state index is 11.5. The summed E-state index contributed by atoms with van der Waals surface area (Å²) in [5.41, 5.74) is -2.57. The summed E-state index contributed by atoms with van der Waals surface area (Å²) in [6.07, 6.45) is 3.07. The van der Waals surface area contributed by atoms with Gasteiger partial charge < -0.3 is 0 Å². The van der Waals surface area contributed by atoms with Crippen LogP contribution in [-0.4, -0.2) is 20.9 Å². The predicted octanol–water partition coefficient (Wildman–Crippen LogP) is 2.41. The molecule has 0 radical (unpaired) electrons. The van der Waals surface area contributed by atoms with Gasteiger partial charge in [0.2, 0.25) is 11.1 Å². The first-order chi connectivity index (χ1) is 8.13. The Labute approximate surface area is 105 Å². The summed E-state index contributed by atoms with van der Waals surface area (Å²) < 4.78 is 0. The van der Waals surface area contributed by atoms with Crippen LogP contribution < -0.4 is 0 Å². The van der Waals surface area contributed by atoms with Crippen molar-refractivity contribution in [3.05, 3.63) is 20.2 Å². The largest absolute Gasteiger partial charge is 0.264 e. The van der Waals surface area contributed by atoms with Crippen LogP contribution in [0.15, 0.2) is 0 Å². The molecule has 4 bridgehead atoms. The van der Waals surface area contributed by atoms with Crippen LogP contribution in [0.5, 0.6) is 0 Å². The van der Waals surface area contributed by atoms with E-state index >= 15 is 0 Å². The van der Waals surface area contributed by atoms with Crippen molar-refractivity contribution in [3.8, 4) is 0 Å². The normalized spacial score (nSPS) is 53.4. The number of nitro groups is 2. The van der Waals surface area contributed by atoms with Gasteiger partial charge in [0.1, 0.15) is 0 Å².